The van der Waals surface area contributed by atoms with Crippen molar-refractivity contribution in [3.8, 4) is 0 Å². The molecule has 0 saturated heterocycles. The summed E-state index contributed by atoms with van der Waals surface area (Å²) in [5, 5.41) is 23.7. The summed E-state index contributed by atoms with van der Waals surface area (Å²) in [5.74, 6) is -0.686. The molecule has 0 aliphatic carbocycles. The number of aliphatic hydroxyl groups is 2. The summed E-state index contributed by atoms with van der Waals surface area (Å²) < 4.78 is 5.78. The number of esters is 1. The van der Waals surface area contributed by atoms with Gasteiger partial charge in [0.15, 0.2) is 0 Å². The SMILES string of the molecule is CC/C=C/C=C/C=C\C=C/CCCCCC(=O)OC(/C=C/C/C=C/C/C=C/C/C=C/C/C=C/CC)CC(=O)NC(CO)C(O)CCCCCCCCCCCCCCCC. The van der Waals surface area contributed by atoms with E-state index in [4.69, 9.17) is 4.74 Å². The summed E-state index contributed by atoms with van der Waals surface area (Å²) in [7, 11) is 0. The molecule has 6 nitrogen and oxygen atoms in total. The molecular formula is C54H89NO5. The van der Waals surface area contributed by atoms with E-state index in [1.165, 1.54) is 70.6 Å². The lowest BCUT2D eigenvalue weighted by atomic mass is 10.0. The third-order valence-electron chi connectivity index (χ3n) is 10.2. The Morgan fingerprint density at radius 2 is 1.00 bits per heavy atom. The van der Waals surface area contributed by atoms with Gasteiger partial charge in [0.2, 0.25) is 5.91 Å². The van der Waals surface area contributed by atoms with Gasteiger partial charge >= 0.3 is 5.97 Å². The second-order valence-corrected chi connectivity index (χ2v) is 15.8. The van der Waals surface area contributed by atoms with Crippen molar-refractivity contribution in [2.75, 3.05) is 6.61 Å². The third kappa shape index (κ3) is 41.3. The van der Waals surface area contributed by atoms with E-state index >= 15 is 0 Å². The van der Waals surface area contributed by atoms with Crippen molar-refractivity contribution >= 4 is 11.9 Å². The summed E-state index contributed by atoms with van der Waals surface area (Å²) in [5.41, 5.74) is 0. The highest BCUT2D eigenvalue weighted by atomic mass is 16.5. The predicted molar refractivity (Wildman–Crippen MR) is 259 cm³/mol. The molecule has 340 valence electrons. The smallest absolute Gasteiger partial charge is 0.306 e. The number of ether oxygens (including phenoxy) is 1. The van der Waals surface area contributed by atoms with Gasteiger partial charge in [0.1, 0.15) is 6.10 Å². The molecule has 0 aromatic carbocycles. The van der Waals surface area contributed by atoms with Crippen LogP contribution in [0.15, 0.2) is 109 Å². The number of aliphatic hydroxyl groups excluding tert-OH is 2. The van der Waals surface area contributed by atoms with Gasteiger partial charge in [-0.05, 0) is 70.3 Å². The van der Waals surface area contributed by atoms with Crippen molar-refractivity contribution in [1.82, 2.24) is 5.32 Å². The summed E-state index contributed by atoms with van der Waals surface area (Å²) >= 11 is 0. The highest BCUT2D eigenvalue weighted by molar-refractivity contribution is 5.78. The van der Waals surface area contributed by atoms with Crippen LogP contribution >= 0.6 is 0 Å². The second-order valence-electron chi connectivity index (χ2n) is 15.8. The number of hydrogen-bond donors (Lipinski definition) is 3. The van der Waals surface area contributed by atoms with E-state index in [1.54, 1.807) is 6.08 Å². The maximum Gasteiger partial charge on any atom is 0.306 e. The van der Waals surface area contributed by atoms with Crippen molar-refractivity contribution in [2.45, 2.75) is 212 Å². The van der Waals surface area contributed by atoms with E-state index in [-0.39, 0.29) is 24.9 Å². The first-order valence-corrected chi connectivity index (χ1v) is 24.2. The van der Waals surface area contributed by atoms with Crippen molar-refractivity contribution in [1.29, 1.82) is 0 Å². The van der Waals surface area contributed by atoms with E-state index in [9.17, 15) is 19.8 Å². The Hall–Kier alpha value is -3.48. The molecule has 0 heterocycles. The normalized spacial score (nSPS) is 14.3. The number of carbonyl (C=O) groups is 2. The highest BCUT2D eigenvalue weighted by Gasteiger charge is 2.23. The van der Waals surface area contributed by atoms with Gasteiger partial charge in [-0.2, -0.15) is 0 Å². The average Bonchev–Trinajstić information content (AvgIpc) is 3.24. The lowest BCUT2D eigenvalue weighted by Gasteiger charge is -2.23. The van der Waals surface area contributed by atoms with Gasteiger partial charge in [0.05, 0.1) is 25.2 Å². The fourth-order valence-corrected chi connectivity index (χ4v) is 6.58. The molecule has 0 spiro atoms. The van der Waals surface area contributed by atoms with Crippen LogP contribution in [0.5, 0.6) is 0 Å². The van der Waals surface area contributed by atoms with Crippen molar-refractivity contribution < 1.29 is 24.5 Å². The molecule has 0 aliphatic rings. The standard InChI is InChI=1S/C54H89NO5/c1-4-7-10-13-16-19-22-25-28-30-33-36-39-42-45-50(60-54(59)47-44-41-38-35-32-27-24-21-18-15-12-9-6-3)48-53(58)55-51(49-56)52(57)46-43-40-37-34-31-29-26-23-20-17-14-11-8-5-2/h7,9-10,12,15-16,18-19,21,24-25,27-28,32-33,36,42,45,50-52,56-57H,4-6,8,11,13-14,17,20,22-23,26,29-31,34-35,37-41,43-44,46-49H2,1-3H3,(H,55,58)/b10-7+,12-9+,18-15+,19-16+,24-21-,28-25+,32-27-,36-33+,45-42+. The van der Waals surface area contributed by atoms with Crippen molar-refractivity contribution in [3.63, 3.8) is 0 Å². The van der Waals surface area contributed by atoms with Crippen molar-refractivity contribution in [3.05, 3.63) is 109 Å². The Balaban J connectivity index is 4.82. The minimum Gasteiger partial charge on any atom is -0.458 e. The molecule has 0 aliphatic heterocycles. The largest absolute Gasteiger partial charge is 0.458 e. The fourth-order valence-electron chi connectivity index (χ4n) is 6.58. The molecule has 0 bridgehead atoms. The number of rotatable bonds is 41. The molecule has 3 N–H and O–H groups in total. The quantitative estimate of drug-likeness (QED) is 0.0247. The third-order valence-corrected chi connectivity index (χ3v) is 10.2. The van der Waals surface area contributed by atoms with Crippen LogP contribution in [0.25, 0.3) is 0 Å². The van der Waals surface area contributed by atoms with E-state index in [1.807, 2.05) is 42.5 Å². The Morgan fingerprint density at radius 3 is 1.53 bits per heavy atom. The fraction of sp³-hybridized carbons (Fsp3) is 0.630. The van der Waals surface area contributed by atoms with Gasteiger partial charge in [-0.25, -0.2) is 0 Å². The van der Waals surface area contributed by atoms with E-state index in [0.717, 1.165) is 77.0 Å². The molecule has 1 amide bonds. The first-order valence-electron chi connectivity index (χ1n) is 24.2. The lowest BCUT2D eigenvalue weighted by molar-refractivity contribution is -0.148. The number of amides is 1. The minimum absolute atomic E-state index is 0.0685. The first-order chi connectivity index (χ1) is 29.5. The zero-order valence-electron chi connectivity index (χ0n) is 38.5. The topological polar surface area (TPSA) is 95.9 Å². The van der Waals surface area contributed by atoms with Crippen LogP contribution < -0.4 is 5.32 Å². The maximum absolute atomic E-state index is 13.1. The van der Waals surface area contributed by atoms with Gasteiger partial charge in [-0.3, -0.25) is 9.59 Å². The molecule has 0 saturated carbocycles. The van der Waals surface area contributed by atoms with Gasteiger partial charge < -0.3 is 20.3 Å². The summed E-state index contributed by atoms with van der Waals surface area (Å²) in [6, 6.07) is -0.756. The number of unbranched alkanes of at least 4 members (excludes halogenated alkanes) is 16. The molecule has 0 aromatic rings. The van der Waals surface area contributed by atoms with Gasteiger partial charge in [-0.15, -0.1) is 0 Å². The van der Waals surface area contributed by atoms with Crippen LogP contribution in [0, 0.1) is 0 Å². The van der Waals surface area contributed by atoms with Crippen LogP contribution in [-0.2, 0) is 14.3 Å². The second kappa shape index (κ2) is 46.6. The minimum atomic E-state index is -0.832. The van der Waals surface area contributed by atoms with E-state index in [2.05, 4.69) is 86.8 Å². The monoisotopic (exact) mass is 832 g/mol. The summed E-state index contributed by atoms with van der Waals surface area (Å²) in [6.45, 7) is 6.16. The molecule has 3 atom stereocenters. The lowest BCUT2D eigenvalue weighted by Crippen LogP contribution is -2.46. The molecule has 0 fully saturated rings. The Morgan fingerprint density at radius 1 is 0.533 bits per heavy atom. The van der Waals surface area contributed by atoms with Gasteiger partial charge in [0.25, 0.3) is 0 Å². The average molecular weight is 832 g/mol. The van der Waals surface area contributed by atoms with E-state index in [0.29, 0.717) is 19.3 Å². The van der Waals surface area contributed by atoms with Crippen molar-refractivity contribution in [2.24, 2.45) is 0 Å². The molecule has 3 unspecified atom stereocenters. The zero-order chi connectivity index (χ0) is 43.8. The molecular weight excluding hydrogens is 743 g/mol. The molecule has 6 heteroatoms. The predicted octanol–water partition coefficient (Wildman–Crippen LogP) is 14.3. The zero-order valence-corrected chi connectivity index (χ0v) is 38.5. The molecule has 0 radical (unpaired) electrons. The Labute approximate surface area is 368 Å². The van der Waals surface area contributed by atoms with Gasteiger partial charge in [0, 0.05) is 6.42 Å². The van der Waals surface area contributed by atoms with Crippen LogP contribution in [0.1, 0.15) is 194 Å². The highest BCUT2D eigenvalue weighted by Crippen LogP contribution is 2.15. The molecule has 0 aromatic heterocycles. The number of nitrogens with one attached hydrogen (secondary N) is 1. The maximum atomic E-state index is 13.1. The number of hydrogen-bond acceptors (Lipinski definition) is 5. The summed E-state index contributed by atoms with van der Waals surface area (Å²) in [6.07, 6.45) is 63.2. The Bertz CT molecular complexity index is 1250. The first kappa shape index (κ1) is 56.5. The van der Waals surface area contributed by atoms with Crippen LogP contribution in [0.4, 0.5) is 0 Å². The molecule has 0 rings (SSSR count). The summed E-state index contributed by atoms with van der Waals surface area (Å²) in [4.78, 5) is 26.0. The van der Waals surface area contributed by atoms with Crippen LogP contribution in [0.2, 0.25) is 0 Å². The van der Waals surface area contributed by atoms with Crippen LogP contribution in [0.3, 0.4) is 0 Å². The van der Waals surface area contributed by atoms with E-state index < -0.39 is 18.2 Å². The number of carbonyl (C=O) groups excluding carboxylic acids is 2. The molecule has 60 heavy (non-hydrogen) atoms. The van der Waals surface area contributed by atoms with Crippen LogP contribution in [-0.4, -0.2) is 46.9 Å². The number of allylic oxidation sites excluding steroid dienone is 17. The van der Waals surface area contributed by atoms with Gasteiger partial charge in [-0.1, -0.05) is 220 Å². The Kier molecular flexibility index (Phi) is 43.9.